The molecule has 0 radical (unpaired) electrons. The van der Waals surface area contributed by atoms with Crippen molar-refractivity contribution in [3.8, 4) is 0 Å². The van der Waals surface area contributed by atoms with E-state index in [9.17, 15) is 9.90 Å². The molecule has 0 unspecified atom stereocenters. The molecule has 2 rings (SSSR count). The third kappa shape index (κ3) is 3.47. The fraction of sp³-hybridized carbons (Fsp3) is 0.714. The minimum atomic E-state index is -0.915. The number of carbonyl (C=O) groups is 1. The Hall–Kier alpha value is -1.10. The van der Waals surface area contributed by atoms with Crippen LogP contribution in [-0.4, -0.2) is 22.6 Å². The maximum atomic E-state index is 11.2. The van der Waals surface area contributed by atoms with E-state index < -0.39 is 11.4 Å². The number of rotatable bonds is 5. The molecule has 0 spiro atoms. The van der Waals surface area contributed by atoms with E-state index in [0.717, 1.165) is 17.6 Å². The molecule has 0 bridgehead atoms. The van der Waals surface area contributed by atoms with E-state index in [1.165, 1.54) is 43.4 Å². The summed E-state index contributed by atoms with van der Waals surface area (Å²) in [5.74, 6) is -0.0924. The van der Waals surface area contributed by atoms with Crippen molar-refractivity contribution in [2.75, 3.05) is 11.9 Å². The standard InChI is InChI=1S/C14H22N2O2S/c1-14(2,12(17)18)11-9-19-13(16-11)15-8-10-6-4-3-5-7-10/h9-10H,3-8H2,1-2H3,(H,15,16)(H,17,18). The molecule has 0 aliphatic heterocycles. The van der Waals surface area contributed by atoms with E-state index in [1.807, 2.05) is 5.38 Å². The Morgan fingerprint density at radius 3 is 2.79 bits per heavy atom. The molecule has 106 valence electrons. The topological polar surface area (TPSA) is 62.2 Å². The van der Waals surface area contributed by atoms with Crippen LogP contribution in [-0.2, 0) is 10.2 Å². The van der Waals surface area contributed by atoms with E-state index in [-0.39, 0.29) is 0 Å². The predicted molar refractivity (Wildman–Crippen MR) is 77.8 cm³/mol. The summed E-state index contributed by atoms with van der Waals surface area (Å²) >= 11 is 1.50. The number of carboxylic acid groups (broad SMARTS) is 1. The molecule has 5 heteroatoms. The van der Waals surface area contributed by atoms with Crippen molar-refractivity contribution < 1.29 is 9.90 Å². The first-order valence-corrected chi connectivity index (χ1v) is 7.81. The monoisotopic (exact) mass is 282 g/mol. The summed E-state index contributed by atoms with van der Waals surface area (Å²) in [5.41, 5.74) is -0.280. The molecule has 1 aromatic rings. The number of aromatic nitrogens is 1. The second-order valence-corrected chi connectivity index (χ2v) is 6.71. The SMILES string of the molecule is CC(C)(C(=O)O)c1csc(NCC2CCCCC2)n1. The molecule has 0 amide bonds. The van der Waals surface area contributed by atoms with Gasteiger partial charge in [0.25, 0.3) is 0 Å². The first-order valence-electron chi connectivity index (χ1n) is 6.93. The van der Waals surface area contributed by atoms with E-state index >= 15 is 0 Å². The van der Waals surface area contributed by atoms with E-state index in [1.54, 1.807) is 13.8 Å². The van der Waals surface area contributed by atoms with Crippen LogP contribution in [0.5, 0.6) is 0 Å². The summed E-state index contributed by atoms with van der Waals surface area (Å²) in [6.45, 7) is 4.34. The minimum absolute atomic E-state index is 0.635. The van der Waals surface area contributed by atoms with Gasteiger partial charge in [-0.3, -0.25) is 4.79 Å². The minimum Gasteiger partial charge on any atom is -0.481 e. The number of hydrogen-bond acceptors (Lipinski definition) is 4. The third-order valence-electron chi connectivity index (χ3n) is 3.95. The van der Waals surface area contributed by atoms with Crippen LogP contribution in [0.2, 0.25) is 0 Å². The number of thiazole rings is 1. The molecule has 0 aromatic carbocycles. The Balaban J connectivity index is 1.92. The number of carboxylic acids is 1. The van der Waals surface area contributed by atoms with Crippen LogP contribution in [0, 0.1) is 5.92 Å². The van der Waals surface area contributed by atoms with Crippen molar-refractivity contribution >= 4 is 22.4 Å². The van der Waals surface area contributed by atoms with E-state index in [0.29, 0.717) is 5.69 Å². The van der Waals surface area contributed by atoms with Crippen molar-refractivity contribution in [2.45, 2.75) is 51.4 Å². The van der Waals surface area contributed by atoms with Gasteiger partial charge < -0.3 is 10.4 Å². The van der Waals surface area contributed by atoms with Crippen LogP contribution in [0.3, 0.4) is 0 Å². The average Bonchev–Trinajstić information content (AvgIpc) is 2.87. The lowest BCUT2D eigenvalue weighted by molar-refractivity contribution is -0.142. The van der Waals surface area contributed by atoms with Gasteiger partial charge in [0.15, 0.2) is 5.13 Å². The highest BCUT2D eigenvalue weighted by atomic mass is 32.1. The molecular weight excluding hydrogens is 260 g/mol. The first-order chi connectivity index (χ1) is 9.00. The highest BCUT2D eigenvalue weighted by molar-refractivity contribution is 7.13. The molecule has 19 heavy (non-hydrogen) atoms. The van der Waals surface area contributed by atoms with Crippen molar-refractivity contribution in [1.29, 1.82) is 0 Å². The molecule has 0 saturated heterocycles. The van der Waals surface area contributed by atoms with Gasteiger partial charge in [0.1, 0.15) is 5.41 Å². The average molecular weight is 282 g/mol. The molecule has 4 nitrogen and oxygen atoms in total. The summed E-state index contributed by atoms with van der Waals surface area (Å²) < 4.78 is 0. The van der Waals surface area contributed by atoms with Crippen LogP contribution in [0.25, 0.3) is 0 Å². The van der Waals surface area contributed by atoms with Crippen molar-refractivity contribution in [3.05, 3.63) is 11.1 Å². The third-order valence-corrected chi connectivity index (χ3v) is 4.75. The van der Waals surface area contributed by atoms with Gasteiger partial charge in [0, 0.05) is 11.9 Å². The lowest BCUT2D eigenvalue weighted by atomic mass is 9.89. The zero-order chi connectivity index (χ0) is 13.9. The number of nitrogens with zero attached hydrogens (tertiary/aromatic N) is 1. The van der Waals surface area contributed by atoms with Crippen molar-refractivity contribution in [3.63, 3.8) is 0 Å². The number of anilines is 1. The zero-order valence-corrected chi connectivity index (χ0v) is 12.4. The fourth-order valence-corrected chi connectivity index (χ4v) is 3.26. The molecule has 1 heterocycles. The van der Waals surface area contributed by atoms with Gasteiger partial charge in [-0.15, -0.1) is 11.3 Å². The molecule has 1 saturated carbocycles. The first kappa shape index (κ1) is 14.3. The molecule has 1 aliphatic rings. The molecule has 1 fully saturated rings. The smallest absolute Gasteiger partial charge is 0.315 e. The van der Waals surface area contributed by atoms with E-state index in [2.05, 4.69) is 10.3 Å². The lowest BCUT2D eigenvalue weighted by Gasteiger charge is -2.21. The second-order valence-electron chi connectivity index (χ2n) is 5.85. The van der Waals surface area contributed by atoms with Crippen molar-refractivity contribution in [1.82, 2.24) is 4.98 Å². The van der Waals surface area contributed by atoms with Gasteiger partial charge in [0.2, 0.25) is 0 Å². The summed E-state index contributed by atoms with van der Waals surface area (Å²) in [5, 5.41) is 15.2. The van der Waals surface area contributed by atoms with Crippen LogP contribution >= 0.6 is 11.3 Å². The van der Waals surface area contributed by atoms with Gasteiger partial charge in [0.05, 0.1) is 5.69 Å². The highest BCUT2D eigenvalue weighted by Gasteiger charge is 2.32. The maximum Gasteiger partial charge on any atom is 0.315 e. The molecule has 1 aliphatic carbocycles. The van der Waals surface area contributed by atoms with Crippen LogP contribution < -0.4 is 5.32 Å². The summed E-state index contributed by atoms with van der Waals surface area (Å²) in [6, 6.07) is 0. The van der Waals surface area contributed by atoms with Crippen LogP contribution in [0.4, 0.5) is 5.13 Å². The second kappa shape index (κ2) is 5.90. The number of aliphatic carboxylic acids is 1. The highest BCUT2D eigenvalue weighted by Crippen LogP contribution is 2.28. The van der Waals surface area contributed by atoms with Gasteiger partial charge in [-0.05, 0) is 32.6 Å². The lowest BCUT2D eigenvalue weighted by Crippen LogP contribution is -2.28. The van der Waals surface area contributed by atoms with Crippen LogP contribution in [0.15, 0.2) is 5.38 Å². The zero-order valence-electron chi connectivity index (χ0n) is 11.6. The number of nitrogens with one attached hydrogen (secondary N) is 1. The predicted octanol–water partition coefficient (Wildman–Crippen LogP) is 3.50. The molecule has 2 N–H and O–H groups in total. The van der Waals surface area contributed by atoms with Gasteiger partial charge in [-0.1, -0.05) is 19.3 Å². The summed E-state index contributed by atoms with van der Waals surface area (Å²) in [6.07, 6.45) is 6.63. The van der Waals surface area contributed by atoms with Crippen LogP contribution in [0.1, 0.15) is 51.6 Å². The molecule has 1 aromatic heterocycles. The Kier molecular flexibility index (Phi) is 4.45. The van der Waals surface area contributed by atoms with Crippen molar-refractivity contribution in [2.24, 2.45) is 5.92 Å². The van der Waals surface area contributed by atoms with Gasteiger partial charge >= 0.3 is 5.97 Å². The number of hydrogen-bond donors (Lipinski definition) is 2. The van der Waals surface area contributed by atoms with Gasteiger partial charge in [-0.25, -0.2) is 4.98 Å². The molecular formula is C14H22N2O2S. The largest absolute Gasteiger partial charge is 0.481 e. The summed E-state index contributed by atoms with van der Waals surface area (Å²) in [7, 11) is 0. The Labute approximate surface area is 118 Å². The van der Waals surface area contributed by atoms with E-state index in [4.69, 9.17) is 0 Å². The summed E-state index contributed by atoms with van der Waals surface area (Å²) in [4.78, 5) is 15.6. The Morgan fingerprint density at radius 1 is 1.47 bits per heavy atom. The maximum absolute atomic E-state index is 11.2. The fourth-order valence-electron chi connectivity index (χ4n) is 2.37. The molecule has 0 atom stereocenters. The quantitative estimate of drug-likeness (QED) is 0.867. The van der Waals surface area contributed by atoms with Gasteiger partial charge in [-0.2, -0.15) is 0 Å². The Bertz CT molecular complexity index is 436. The Morgan fingerprint density at radius 2 is 2.16 bits per heavy atom. The normalized spacial score (nSPS) is 17.4.